The maximum absolute atomic E-state index is 13.1. The van der Waals surface area contributed by atoms with Crippen LogP contribution in [0.15, 0.2) is 48.6 Å². The minimum atomic E-state index is -1.77. The fraction of sp³-hybridized carbons (Fsp3) is 0.828. The fourth-order valence-corrected chi connectivity index (χ4v) is 8.86. The lowest BCUT2D eigenvalue weighted by Crippen LogP contribution is -2.61. The molecular weight excluding hydrogens is 937 g/mol. The van der Waals surface area contributed by atoms with Gasteiger partial charge >= 0.3 is 11.9 Å². The van der Waals surface area contributed by atoms with E-state index in [1.54, 1.807) is 0 Å². The van der Waals surface area contributed by atoms with Gasteiger partial charge in [-0.15, -0.1) is 0 Å². The number of carbonyl (C=O) groups excluding carboxylic acids is 2. The first-order valence-electron chi connectivity index (χ1n) is 28.7. The topological polar surface area (TPSA) is 231 Å². The Morgan fingerprint density at radius 2 is 0.836 bits per heavy atom. The second-order valence-electron chi connectivity index (χ2n) is 20.1. The Balaban J connectivity index is 1.78. The predicted octanol–water partition coefficient (Wildman–Crippen LogP) is 9.44. The molecule has 4 unspecified atom stereocenters. The van der Waals surface area contributed by atoms with E-state index in [2.05, 4.69) is 56.4 Å². The van der Waals surface area contributed by atoms with Crippen LogP contribution in [0.2, 0.25) is 0 Å². The van der Waals surface area contributed by atoms with Crippen molar-refractivity contribution < 1.29 is 73.8 Å². The first kappa shape index (κ1) is 66.6. The molecule has 11 atom stereocenters. The maximum Gasteiger partial charge on any atom is 0.306 e. The molecule has 2 fully saturated rings. The van der Waals surface area contributed by atoms with E-state index in [-0.39, 0.29) is 19.4 Å². The van der Waals surface area contributed by atoms with Gasteiger partial charge in [0.05, 0.1) is 19.8 Å². The largest absolute Gasteiger partial charge is 0.462 e. The van der Waals surface area contributed by atoms with Gasteiger partial charge in [-0.1, -0.05) is 197 Å². The molecule has 2 aliphatic heterocycles. The Morgan fingerprint density at radius 3 is 1.33 bits per heavy atom. The van der Waals surface area contributed by atoms with Gasteiger partial charge in [-0.05, 0) is 51.4 Å². The highest BCUT2D eigenvalue weighted by atomic mass is 16.7. The SMILES string of the molecule is CCCCC/C=C/C/C=C/C/C=C/C/C=C/CCCC(=O)OC[C@H](CO[C@H]1O[C@@H](CO[C@H]2O[C@@H](CO)[C@@H](O)C(O)C2O)[C@@H](O)C(O)C1O)OC(=O)CCCCCCCCCCCCCCCCCCCCCC. The van der Waals surface area contributed by atoms with E-state index in [4.69, 9.17) is 28.4 Å². The third-order valence-electron chi connectivity index (χ3n) is 13.6. The number of aliphatic hydroxyl groups excluding tert-OH is 7. The molecule has 2 saturated heterocycles. The van der Waals surface area contributed by atoms with E-state index in [0.29, 0.717) is 19.3 Å². The van der Waals surface area contributed by atoms with Gasteiger partial charge in [0, 0.05) is 12.8 Å². The number of hydrogen-bond donors (Lipinski definition) is 7. The maximum atomic E-state index is 13.1. The molecule has 424 valence electrons. The molecule has 2 rings (SSSR count). The summed E-state index contributed by atoms with van der Waals surface area (Å²) in [5, 5.41) is 72.2. The van der Waals surface area contributed by atoms with Gasteiger partial charge in [-0.3, -0.25) is 9.59 Å². The molecule has 7 N–H and O–H groups in total. The minimum Gasteiger partial charge on any atom is -0.462 e. The summed E-state index contributed by atoms with van der Waals surface area (Å²) in [4.78, 5) is 25.8. The molecular formula is C58H102O15. The van der Waals surface area contributed by atoms with Crippen molar-refractivity contribution in [2.24, 2.45) is 0 Å². The first-order valence-corrected chi connectivity index (χ1v) is 28.7. The van der Waals surface area contributed by atoms with Crippen LogP contribution in [0.25, 0.3) is 0 Å². The molecule has 0 spiro atoms. The predicted molar refractivity (Wildman–Crippen MR) is 284 cm³/mol. The van der Waals surface area contributed by atoms with Crippen LogP contribution in [-0.2, 0) is 38.0 Å². The van der Waals surface area contributed by atoms with Crippen LogP contribution < -0.4 is 0 Å². The lowest BCUT2D eigenvalue weighted by atomic mass is 9.98. The van der Waals surface area contributed by atoms with E-state index in [0.717, 1.165) is 44.9 Å². The van der Waals surface area contributed by atoms with Crippen LogP contribution in [0.5, 0.6) is 0 Å². The van der Waals surface area contributed by atoms with Crippen LogP contribution in [0.3, 0.4) is 0 Å². The van der Waals surface area contributed by atoms with Gasteiger partial charge in [0.25, 0.3) is 0 Å². The fourth-order valence-electron chi connectivity index (χ4n) is 8.86. The van der Waals surface area contributed by atoms with Crippen LogP contribution >= 0.6 is 0 Å². The molecule has 0 amide bonds. The number of hydrogen-bond acceptors (Lipinski definition) is 15. The summed E-state index contributed by atoms with van der Waals surface area (Å²) in [7, 11) is 0. The third-order valence-corrected chi connectivity index (χ3v) is 13.6. The zero-order chi connectivity index (χ0) is 53.2. The van der Waals surface area contributed by atoms with Gasteiger partial charge in [0.1, 0.15) is 55.4 Å². The molecule has 15 nitrogen and oxygen atoms in total. The zero-order valence-electron chi connectivity index (χ0n) is 45.1. The van der Waals surface area contributed by atoms with Gasteiger partial charge in [0.2, 0.25) is 0 Å². The quantitative estimate of drug-likeness (QED) is 0.0171. The Hall–Kier alpha value is -2.54. The van der Waals surface area contributed by atoms with Crippen molar-refractivity contribution >= 4 is 11.9 Å². The number of carbonyl (C=O) groups is 2. The molecule has 2 aliphatic rings. The summed E-state index contributed by atoms with van der Waals surface area (Å²) in [5.74, 6) is -0.983. The molecule has 0 bridgehead atoms. The average Bonchev–Trinajstić information content (AvgIpc) is 3.38. The minimum absolute atomic E-state index is 0.142. The van der Waals surface area contributed by atoms with E-state index in [1.807, 2.05) is 6.08 Å². The highest BCUT2D eigenvalue weighted by molar-refractivity contribution is 5.70. The van der Waals surface area contributed by atoms with Crippen molar-refractivity contribution in [3.8, 4) is 0 Å². The Morgan fingerprint density at radius 1 is 0.438 bits per heavy atom. The van der Waals surface area contributed by atoms with Crippen molar-refractivity contribution in [1.82, 2.24) is 0 Å². The summed E-state index contributed by atoms with van der Waals surface area (Å²) in [5.41, 5.74) is 0. The highest BCUT2D eigenvalue weighted by Crippen LogP contribution is 2.27. The molecule has 2 heterocycles. The molecule has 73 heavy (non-hydrogen) atoms. The summed E-state index contributed by atoms with van der Waals surface area (Å²) >= 11 is 0. The van der Waals surface area contributed by atoms with Crippen molar-refractivity contribution in [2.45, 2.75) is 280 Å². The van der Waals surface area contributed by atoms with E-state index >= 15 is 0 Å². The summed E-state index contributed by atoms with van der Waals surface area (Å²) < 4.78 is 33.6. The molecule has 0 saturated carbocycles. The van der Waals surface area contributed by atoms with Gasteiger partial charge in [-0.2, -0.15) is 0 Å². The lowest BCUT2D eigenvalue weighted by Gasteiger charge is -2.42. The van der Waals surface area contributed by atoms with E-state index in [1.165, 1.54) is 122 Å². The number of allylic oxidation sites excluding steroid dienone is 8. The molecule has 0 aromatic rings. The molecule has 15 heteroatoms. The lowest BCUT2D eigenvalue weighted by molar-refractivity contribution is -0.332. The highest BCUT2D eigenvalue weighted by Gasteiger charge is 2.47. The average molecular weight is 1040 g/mol. The molecule has 0 radical (unpaired) electrons. The Bertz CT molecular complexity index is 1450. The first-order chi connectivity index (χ1) is 35.5. The van der Waals surface area contributed by atoms with Crippen LogP contribution in [0.1, 0.15) is 213 Å². The normalized spacial score (nSPS) is 25.2. The number of rotatable bonds is 45. The number of esters is 2. The van der Waals surface area contributed by atoms with Crippen LogP contribution in [0.4, 0.5) is 0 Å². The van der Waals surface area contributed by atoms with Crippen molar-refractivity contribution in [3.63, 3.8) is 0 Å². The second kappa shape index (κ2) is 44.6. The zero-order valence-corrected chi connectivity index (χ0v) is 45.1. The number of ether oxygens (including phenoxy) is 6. The van der Waals surface area contributed by atoms with Gasteiger partial charge in [0.15, 0.2) is 18.7 Å². The number of aliphatic hydroxyl groups is 7. The molecule has 0 aliphatic carbocycles. The third kappa shape index (κ3) is 32.0. The molecule has 0 aromatic carbocycles. The summed E-state index contributed by atoms with van der Waals surface area (Å²) in [6.45, 7) is 2.53. The van der Waals surface area contributed by atoms with Crippen molar-refractivity contribution in [3.05, 3.63) is 48.6 Å². The second-order valence-corrected chi connectivity index (χ2v) is 20.1. The smallest absolute Gasteiger partial charge is 0.306 e. The van der Waals surface area contributed by atoms with Gasteiger partial charge in [-0.25, -0.2) is 0 Å². The Labute approximate surface area is 439 Å². The molecule has 0 aromatic heterocycles. The monoisotopic (exact) mass is 1040 g/mol. The van der Waals surface area contributed by atoms with Crippen molar-refractivity contribution in [1.29, 1.82) is 0 Å². The van der Waals surface area contributed by atoms with Crippen molar-refractivity contribution in [2.75, 3.05) is 26.4 Å². The standard InChI is InChI=1S/C58H102O15/c1-3-5-7-9-11-13-15-17-19-21-22-23-25-27-29-31-33-35-37-39-41-50(61)71-46(43-68-49(60)40-38-36-34-32-30-28-26-24-20-18-16-14-12-10-8-6-4-2)44-69-57-56(67)54(65)52(63)48(73-57)45-70-58-55(66)53(64)51(62)47(42-59)72-58/h12,14,18,20,26,28,32,34,46-48,51-59,62-67H,3-11,13,15-17,19,21-25,27,29-31,33,35-45H2,1-2H3/b14-12+,20-18+,28-26+,34-32+/t46-,47+,48+,51-,52-,53?,54?,55?,56?,57+,58+/m1/s1. The van der Waals surface area contributed by atoms with Crippen LogP contribution in [-0.4, -0.2) is 142 Å². The Kier molecular flexibility index (Phi) is 40.6. The van der Waals surface area contributed by atoms with Gasteiger partial charge < -0.3 is 64.2 Å². The van der Waals surface area contributed by atoms with Crippen LogP contribution in [0, 0.1) is 0 Å². The summed E-state index contributed by atoms with van der Waals surface area (Å²) in [6.07, 6.45) is 34.2. The number of unbranched alkanes of at least 4 members (excludes halogenated alkanes) is 23. The van der Waals surface area contributed by atoms with E-state index < -0.39 is 99.3 Å². The summed E-state index contributed by atoms with van der Waals surface area (Å²) in [6, 6.07) is 0. The van der Waals surface area contributed by atoms with E-state index in [9.17, 15) is 45.3 Å².